The third-order valence-corrected chi connectivity index (χ3v) is 2.02. The molecule has 1 rings (SSSR count). The van der Waals surface area contributed by atoms with Crippen LogP contribution in [0.2, 0.25) is 0 Å². The predicted octanol–water partition coefficient (Wildman–Crippen LogP) is 0.431. The number of Topliss-reactive ketones (excluding diaryl/α,β-unsaturated/α-hetero) is 1. The van der Waals surface area contributed by atoms with E-state index < -0.39 is 0 Å². The largest absolute Gasteiger partial charge is 0.341 e. The minimum Gasteiger partial charge on any atom is -0.341 e. The number of pyridine rings is 1. The lowest BCUT2D eigenvalue weighted by Crippen LogP contribution is -2.36. The van der Waals surface area contributed by atoms with Crippen molar-refractivity contribution in [2.45, 2.75) is 13.3 Å². The Bertz CT molecular complexity index is 391. The normalized spacial score (nSPS) is 9.62. The van der Waals surface area contributed by atoms with Crippen molar-refractivity contribution in [1.82, 2.24) is 15.6 Å². The quantitative estimate of drug-likeness (QED) is 0.774. The molecule has 2 amide bonds. The van der Waals surface area contributed by atoms with Crippen LogP contribution in [0, 0.1) is 6.92 Å². The number of urea groups is 1. The van der Waals surface area contributed by atoms with E-state index in [1.807, 2.05) is 19.1 Å². The van der Waals surface area contributed by atoms with Gasteiger partial charge in [0.05, 0.1) is 13.0 Å². The Balaban J connectivity index is 2.43. The fourth-order valence-corrected chi connectivity index (χ4v) is 1.23. The van der Waals surface area contributed by atoms with Crippen LogP contribution in [0.5, 0.6) is 0 Å². The van der Waals surface area contributed by atoms with E-state index in [0.717, 1.165) is 11.3 Å². The summed E-state index contributed by atoms with van der Waals surface area (Å²) in [6.45, 7) is 1.97. The number of hydrogen-bond acceptors (Lipinski definition) is 3. The Hall–Kier alpha value is -1.91. The summed E-state index contributed by atoms with van der Waals surface area (Å²) in [5.74, 6) is -0.0679. The van der Waals surface area contributed by atoms with Crippen LogP contribution in [-0.4, -0.2) is 30.4 Å². The van der Waals surface area contributed by atoms with Gasteiger partial charge in [0.2, 0.25) is 0 Å². The van der Waals surface area contributed by atoms with Gasteiger partial charge in [-0.2, -0.15) is 0 Å². The minimum absolute atomic E-state index is 0.0231. The van der Waals surface area contributed by atoms with E-state index in [0.29, 0.717) is 0 Å². The van der Waals surface area contributed by atoms with E-state index in [4.69, 9.17) is 0 Å². The third-order valence-electron chi connectivity index (χ3n) is 2.02. The van der Waals surface area contributed by atoms with Crippen LogP contribution in [0.25, 0.3) is 0 Å². The summed E-state index contributed by atoms with van der Waals surface area (Å²) in [7, 11) is 1.50. The number of ketones is 1. The zero-order valence-electron chi connectivity index (χ0n) is 9.41. The van der Waals surface area contributed by atoms with Crippen molar-refractivity contribution < 1.29 is 9.59 Å². The Morgan fingerprint density at radius 2 is 2.19 bits per heavy atom. The smallest absolute Gasteiger partial charge is 0.314 e. The molecule has 0 unspecified atom stereocenters. The first-order valence-corrected chi connectivity index (χ1v) is 5.00. The molecule has 1 aromatic heterocycles. The van der Waals surface area contributed by atoms with E-state index in [9.17, 15) is 9.59 Å². The molecule has 5 nitrogen and oxygen atoms in total. The first-order chi connectivity index (χ1) is 7.61. The zero-order valence-corrected chi connectivity index (χ0v) is 9.41. The number of nitrogens with zero attached hydrogens (tertiary/aromatic N) is 1. The lowest BCUT2D eigenvalue weighted by atomic mass is 10.1. The van der Waals surface area contributed by atoms with Gasteiger partial charge in [0.25, 0.3) is 0 Å². The van der Waals surface area contributed by atoms with Crippen LogP contribution < -0.4 is 10.6 Å². The molecule has 0 aliphatic carbocycles. The highest BCUT2D eigenvalue weighted by molar-refractivity contribution is 5.86. The van der Waals surface area contributed by atoms with Gasteiger partial charge in [-0.05, 0) is 24.6 Å². The number of rotatable bonds is 4. The molecule has 16 heavy (non-hydrogen) atoms. The van der Waals surface area contributed by atoms with Crippen LogP contribution in [0.4, 0.5) is 4.79 Å². The fraction of sp³-hybridized carbons (Fsp3) is 0.364. The first-order valence-electron chi connectivity index (χ1n) is 5.00. The van der Waals surface area contributed by atoms with Gasteiger partial charge in [0.1, 0.15) is 0 Å². The van der Waals surface area contributed by atoms with Crippen molar-refractivity contribution in [3.63, 3.8) is 0 Å². The van der Waals surface area contributed by atoms with Crippen molar-refractivity contribution in [1.29, 1.82) is 0 Å². The van der Waals surface area contributed by atoms with Gasteiger partial charge in [-0.15, -0.1) is 0 Å². The Morgan fingerprint density at radius 1 is 1.44 bits per heavy atom. The number of aromatic nitrogens is 1. The maximum atomic E-state index is 11.5. The standard InChI is InChI=1S/C11H15N3O2/c1-8-3-4-13-9(5-8)6-10(15)7-14-11(16)12-2/h3-5H,6-7H2,1-2H3,(H2,12,14,16). The maximum absolute atomic E-state index is 11.5. The van der Waals surface area contributed by atoms with E-state index >= 15 is 0 Å². The molecule has 0 bridgehead atoms. The van der Waals surface area contributed by atoms with Crippen molar-refractivity contribution in [2.75, 3.05) is 13.6 Å². The van der Waals surface area contributed by atoms with Crippen molar-refractivity contribution in [3.8, 4) is 0 Å². The molecule has 86 valence electrons. The van der Waals surface area contributed by atoms with Crippen molar-refractivity contribution in [2.24, 2.45) is 0 Å². The number of amides is 2. The average Bonchev–Trinajstić information content (AvgIpc) is 2.26. The number of nitrogens with one attached hydrogen (secondary N) is 2. The predicted molar refractivity (Wildman–Crippen MR) is 60.1 cm³/mol. The van der Waals surface area contributed by atoms with E-state index in [-0.39, 0.29) is 24.8 Å². The maximum Gasteiger partial charge on any atom is 0.314 e. The fourth-order valence-electron chi connectivity index (χ4n) is 1.23. The summed E-state index contributed by atoms with van der Waals surface area (Å²) in [5, 5.41) is 4.82. The van der Waals surface area contributed by atoms with E-state index in [1.54, 1.807) is 6.20 Å². The second-order valence-corrected chi connectivity index (χ2v) is 3.47. The molecule has 0 radical (unpaired) electrons. The van der Waals surface area contributed by atoms with Crippen LogP contribution in [0.1, 0.15) is 11.3 Å². The topological polar surface area (TPSA) is 71.1 Å². The van der Waals surface area contributed by atoms with Gasteiger partial charge >= 0.3 is 6.03 Å². The molecule has 0 atom stereocenters. The first kappa shape index (κ1) is 12.2. The molecule has 1 heterocycles. The van der Waals surface area contributed by atoms with Crippen LogP contribution in [0.3, 0.4) is 0 Å². The number of hydrogen-bond donors (Lipinski definition) is 2. The molecule has 0 aliphatic rings. The lowest BCUT2D eigenvalue weighted by molar-refractivity contribution is -0.117. The summed E-state index contributed by atoms with van der Waals surface area (Å²) in [4.78, 5) is 26.4. The second-order valence-electron chi connectivity index (χ2n) is 3.47. The molecule has 5 heteroatoms. The summed E-state index contributed by atoms with van der Waals surface area (Å²) in [6.07, 6.45) is 1.91. The van der Waals surface area contributed by atoms with E-state index in [2.05, 4.69) is 15.6 Å². The minimum atomic E-state index is -0.356. The Labute approximate surface area is 94.3 Å². The van der Waals surface area contributed by atoms with Gasteiger partial charge in [-0.3, -0.25) is 9.78 Å². The molecule has 0 fully saturated rings. The SMILES string of the molecule is CNC(=O)NCC(=O)Cc1cc(C)ccn1. The number of carbonyl (C=O) groups excluding carboxylic acids is 2. The van der Waals surface area contributed by atoms with Crippen molar-refractivity contribution in [3.05, 3.63) is 29.6 Å². The third kappa shape index (κ3) is 4.08. The molecule has 0 spiro atoms. The molecular weight excluding hydrogens is 206 g/mol. The summed E-state index contributed by atoms with van der Waals surface area (Å²) >= 11 is 0. The van der Waals surface area contributed by atoms with Crippen LogP contribution in [-0.2, 0) is 11.2 Å². The number of carbonyl (C=O) groups is 2. The number of aryl methyl sites for hydroxylation is 1. The zero-order chi connectivity index (χ0) is 12.0. The second kappa shape index (κ2) is 5.85. The molecule has 0 saturated carbocycles. The lowest BCUT2D eigenvalue weighted by Gasteiger charge is -2.03. The highest BCUT2D eigenvalue weighted by atomic mass is 16.2. The van der Waals surface area contributed by atoms with Gasteiger partial charge in [-0.25, -0.2) is 4.79 Å². The Morgan fingerprint density at radius 3 is 2.81 bits per heavy atom. The molecule has 1 aromatic rings. The summed E-state index contributed by atoms with van der Waals surface area (Å²) < 4.78 is 0. The Kier molecular flexibility index (Phi) is 4.44. The molecule has 0 saturated heterocycles. The van der Waals surface area contributed by atoms with Crippen LogP contribution >= 0.6 is 0 Å². The summed E-state index contributed by atoms with van der Waals surface area (Å²) in [6, 6.07) is 3.37. The molecular formula is C11H15N3O2. The van der Waals surface area contributed by atoms with Gasteiger partial charge < -0.3 is 10.6 Å². The average molecular weight is 221 g/mol. The molecule has 0 aliphatic heterocycles. The van der Waals surface area contributed by atoms with E-state index in [1.165, 1.54) is 7.05 Å². The van der Waals surface area contributed by atoms with Gasteiger partial charge in [0, 0.05) is 18.9 Å². The van der Waals surface area contributed by atoms with Gasteiger partial charge in [-0.1, -0.05) is 0 Å². The highest BCUT2D eigenvalue weighted by Crippen LogP contribution is 2.00. The monoisotopic (exact) mass is 221 g/mol. The van der Waals surface area contributed by atoms with Crippen LogP contribution in [0.15, 0.2) is 18.3 Å². The van der Waals surface area contributed by atoms with Gasteiger partial charge in [0.15, 0.2) is 5.78 Å². The summed E-state index contributed by atoms with van der Waals surface area (Å²) in [5.41, 5.74) is 1.79. The molecule has 2 N–H and O–H groups in total. The highest BCUT2D eigenvalue weighted by Gasteiger charge is 2.06. The van der Waals surface area contributed by atoms with Crippen molar-refractivity contribution >= 4 is 11.8 Å². The molecule has 0 aromatic carbocycles.